The van der Waals surface area contributed by atoms with Crippen molar-refractivity contribution >= 4 is 0 Å². The highest BCUT2D eigenvalue weighted by molar-refractivity contribution is 4.60. The van der Waals surface area contributed by atoms with E-state index in [-0.39, 0.29) is 6.04 Å². The zero-order valence-corrected chi connectivity index (χ0v) is 6.07. The van der Waals surface area contributed by atoms with E-state index in [1.54, 1.807) is 0 Å². The lowest BCUT2D eigenvalue weighted by atomic mass is 9.99. The molecule has 0 aliphatic heterocycles. The predicted octanol–water partition coefficient (Wildman–Crippen LogP) is 2.09. The van der Waals surface area contributed by atoms with Crippen molar-refractivity contribution in [1.29, 1.82) is 0 Å². The SMILES string of the molecule is CCCC(C)C(C)[NH]. The van der Waals surface area contributed by atoms with Crippen LogP contribution < -0.4 is 5.73 Å². The zero-order chi connectivity index (χ0) is 6.57. The molecule has 1 radical (unpaired) electrons. The van der Waals surface area contributed by atoms with E-state index in [0.717, 1.165) is 0 Å². The van der Waals surface area contributed by atoms with Crippen LogP contribution in [0.4, 0.5) is 0 Å². The molecule has 1 nitrogen and oxygen atoms in total. The normalized spacial score (nSPS) is 18.0. The maximum absolute atomic E-state index is 7.29. The molecule has 0 spiro atoms. The first kappa shape index (κ1) is 7.96. The average molecular weight is 114 g/mol. The van der Waals surface area contributed by atoms with Gasteiger partial charge in [0.15, 0.2) is 0 Å². The molecule has 0 rings (SSSR count). The van der Waals surface area contributed by atoms with Gasteiger partial charge < -0.3 is 0 Å². The average Bonchev–Trinajstić information content (AvgIpc) is 1.67. The van der Waals surface area contributed by atoms with Gasteiger partial charge in [-0.25, -0.2) is 0 Å². The Bertz CT molecular complexity index is 50.3. The molecule has 8 heavy (non-hydrogen) atoms. The summed E-state index contributed by atoms with van der Waals surface area (Å²) in [5.74, 6) is 0.583. The lowest BCUT2D eigenvalue weighted by Gasteiger charge is -2.11. The molecular weight excluding hydrogens is 98.1 g/mol. The van der Waals surface area contributed by atoms with Crippen molar-refractivity contribution in [1.82, 2.24) is 5.73 Å². The lowest BCUT2D eigenvalue weighted by molar-refractivity contribution is 0.437. The van der Waals surface area contributed by atoms with Gasteiger partial charge in [-0.1, -0.05) is 20.3 Å². The zero-order valence-electron chi connectivity index (χ0n) is 6.07. The molecule has 0 amide bonds. The molecule has 2 atom stereocenters. The second-order valence-corrected chi connectivity index (χ2v) is 2.55. The minimum atomic E-state index is 0.120. The minimum Gasteiger partial charge on any atom is -0.255 e. The number of hydrogen-bond donors (Lipinski definition) is 0. The van der Waals surface area contributed by atoms with Crippen molar-refractivity contribution in [3.05, 3.63) is 0 Å². The van der Waals surface area contributed by atoms with Crippen molar-refractivity contribution < 1.29 is 0 Å². The van der Waals surface area contributed by atoms with E-state index >= 15 is 0 Å². The van der Waals surface area contributed by atoms with Gasteiger partial charge in [-0.3, -0.25) is 5.73 Å². The molecule has 0 aliphatic carbocycles. The predicted molar refractivity (Wildman–Crippen MR) is 36.6 cm³/mol. The molecule has 0 saturated heterocycles. The molecule has 0 aromatic heterocycles. The summed E-state index contributed by atoms with van der Waals surface area (Å²) >= 11 is 0. The number of nitrogens with one attached hydrogen (secondary N) is 1. The van der Waals surface area contributed by atoms with Gasteiger partial charge >= 0.3 is 0 Å². The second-order valence-electron chi connectivity index (χ2n) is 2.55. The summed E-state index contributed by atoms with van der Waals surface area (Å²) in [7, 11) is 0. The van der Waals surface area contributed by atoms with E-state index in [1.807, 2.05) is 6.92 Å². The maximum Gasteiger partial charge on any atom is 0.0210 e. The molecule has 0 heterocycles. The van der Waals surface area contributed by atoms with E-state index in [2.05, 4.69) is 13.8 Å². The summed E-state index contributed by atoms with van der Waals surface area (Å²) in [6, 6.07) is 0.120. The van der Waals surface area contributed by atoms with E-state index in [0.29, 0.717) is 5.92 Å². The Morgan fingerprint density at radius 1 is 1.38 bits per heavy atom. The Labute approximate surface area is 52.3 Å². The van der Waals surface area contributed by atoms with Gasteiger partial charge in [0.05, 0.1) is 0 Å². The molecule has 0 fully saturated rings. The monoisotopic (exact) mass is 114 g/mol. The van der Waals surface area contributed by atoms with Crippen LogP contribution in [0.2, 0.25) is 0 Å². The molecule has 0 saturated carbocycles. The molecule has 1 heteroatoms. The van der Waals surface area contributed by atoms with Crippen LogP contribution in [-0.4, -0.2) is 6.04 Å². The molecule has 0 bridgehead atoms. The quantitative estimate of drug-likeness (QED) is 0.536. The molecule has 0 aromatic rings. The highest BCUT2D eigenvalue weighted by Gasteiger charge is 2.04. The van der Waals surface area contributed by atoms with E-state index in [4.69, 9.17) is 5.73 Å². The van der Waals surface area contributed by atoms with Crippen LogP contribution in [0.25, 0.3) is 0 Å². The number of hydrogen-bond acceptors (Lipinski definition) is 0. The Morgan fingerprint density at radius 2 is 1.88 bits per heavy atom. The van der Waals surface area contributed by atoms with E-state index in [1.165, 1.54) is 12.8 Å². The van der Waals surface area contributed by atoms with Crippen LogP contribution in [0.15, 0.2) is 0 Å². The van der Waals surface area contributed by atoms with Crippen LogP contribution >= 0.6 is 0 Å². The van der Waals surface area contributed by atoms with Crippen molar-refractivity contribution in [2.45, 2.75) is 39.7 Å². The third-order valence-corrected chi connectivity index (χ3v) is 1.60. The molecule has 2 unspecified atom stereocenters. The van der Waals surface area contributed by atoms with Crippen LogP contribution in [0, 0.1) is 5.92 Å². The summed E-state index contributed by atoms with van der Waals surface area (Å²) in [5, 5.41) is 0. The Morgan fingerprint density at radius 3 is 2.00 bits per heavy atom. The second kappa shape index (κ2) is 3.90. The summed E-state index contributed by atoms with van der Waals surface area (Å²) in [5.41, 5.74) is 7.29. The van der Waals surface area contributed by atoms with Crippen LogP contribution in [-0.2, 0) is 0 Å². The van der Waals surface area contributed by atoms with Gasteiger partial charge in [0.1, 0.15) is 0 Å². The van der Waals surface area contributed by atoms with Crippen molar-refractivity contribution in [2.24, 2.45) is 5.92 Å². The highest BCUT2D eigenvalue weighted by Crippen LogP contribution is 2.08. The molecule has 0 aromatic carbocycles. The van der Waals surface area contributed by atoms with Crippen molar-refractivity contribution in [3.8, 4) is 0 Å². The summed E-state index contributed by atoms with van der Waals surface area (Å²) in [6.45, 7) is 6.26. The third kappa shape index (κ3) is 3.03. The standard InChI is InChI=1S/C7H16N/c1-4-5-6(2)7(3)8/h6-8H,4-5H2,1-3H3. The highest BCUT2D eigenvalue weighted by atomic mass is 14.6. The Balaban J connectivity index is 3.17. The molecular formula is C7H16N. The van der Waals surface area contributed by atoms with Gasteiger partial charge in [0.25, 0.3) is 0 Å². The third-order valence-electron chi connectivity index (χ3n) is 1.60. The van der Waals surface area contributed by atoms with Crippen molar-refractivity contribution in [2.75, 3.05) is 0 Å². The fourth-order valence-corrected chi connectivity index (χ4v) is 0.705. The van der Waals surface area contributed by atoms with Crippen LogP contribution in [0.3, 0.4) is 0 Å². The Hall–Kier alpha value is -0.0400. The fourth-order valence-electron chi connectivity index (χ4n) is 0.705. The minimum absolute atomic E-state index is 0.120. The van der Waals surface area contributed by atoms with Gasteiger partial charge in [-0.05, 0) is 19.3 Å². The first-order chi connectivity index (χ1) is 3.68. The van der Waals surface area contributed by atoms with E-state index < -0.39 is 0 Å². The lowest BCUT2D eigenvalue weighted by Crippen LogP contribution is -2.14. The first-order valence-electron chi connectivity index (χ1n) is 3.39. The smallest absolute Gasteiger partial charge is 0.0210 e. The number of rotatable bonds is 3. The summed E-state index contributed by atoms with van der Waals surface area (Å²) in [4.78, 5) is 0. The maximum atomic E-state index is 7.29. The molecule has 1 N–H and O–H groups in total. The van der Waals surface area contributed by atoms with Gasteiger partial charge in [-0.15, -0.1) is 0 Å². The van der Waals surface area contributed by atoms with Crippen LogP contribution in [0.1, 0.15) is 33.6 Å². The molecule has 0 aliphatic rings. The fraction of sp³-hybridized carbons (Fsp3) is 1.00. The first-order valence-corrected chi connectivity index (χ1v) is 3.39. The van der Waals surface area contributed by atoms with Crippen LogP contribution in [0.5, 0.6) is 0 Å². The van der Waals surface area contributed by atoms with E-state index in [9.17, 15) is 0 Å². The van der Waals surface area contributed by atoms with Crippen molar-refractivity contribution in [3.63, 3.8) is 0 Å². The van der Waals surface area contributed by atoms with Gasteiger partial charge in [0.2, 0.25) is 0 Å². The summed E-state index contributed by atoms with van der Waals surface area (Å²) < 4.78 is 0. The molecule has 49 valence electrons. The topological polar surface area (TPSA) is 23.8 Å². The summed E-state index contributed by atoms with van der Waals surface area (Å²) in [6.07, 6.45) is 2.41. The van der Waals surface area contributed by atoms with Gasteiger partial charge in [0, 0.05) is 6.04 Å². The largest absolute Gasteiger partial charge is 0.255 e. The Kier molecular flexibility index (Phi) is 3.88. The van der Waals surface area contributed by atoms with Gasteiger partial charge in [-0.2, -0.15) is 0 Å².